The second kappa shape index (κ2) is 8.18. The maximum Gasteiger partial charge on any atom is 0.302 e. The molecule has 150 valence electrons. The number of halogens is 2. The lowest BCUT2D eigenvalue weighted by molar-refractivity contribution is 0.0740. The Morgan fingerprint density at radius 3 is 2.55 bits per heavy atom. The molecule has 0 saturated carbocycles. The van der Waals surface area contributed by atoms with Crippen molar-refractivity contribution in [1.82, 2.24) is 9.88 Å². The summed E-state index contributed by atoms with van der Waals surface area (Å²) in [6, 6.07) is 8.51. The van der Waals surface area contributed by atoms with Crippen molar-refractivity contribution in [2.24, 2.45) is 0 Å². The number of carbonyl (C=O) groups is 2. The summed E-state index contributed by atoms with van der Waals surface area (Å²) in [6.45, 7) is 2.18. The maximum absolute atomic E-state index is 12.7. The summed E-state index contributed by atoms with van der Waals surface area (Å²) in [5.41, 5.74) is 0.963. The molecule has 8 nitrogen and oxygen atoms in total. The quantitative estimate of drug-likeness (QED) is 0.671. The number of benzene rings is 1. The van der Waals surface area contributed by atoms with Crippen LogP contribution in [0, 0.1) is 0 Å². The second-order valence-corrected chi connectivity index (χ2v) is 7.11. The minimum atomic E-state index is -0.511. The average Bonchev–Trinajstić information content (AvgIpc) is 3.42. The molecule has 1 aromatic carbocycles. The van der Waals surface area contributed by atoms with E-state index in [4.69, 9.17) is 32.0 Å². The molecule has 2 amide bonds. The molecule has 29 heavy (non-hydrogen) atoms. The molecule has 1 aliphatic rings. The first kappa shape index (κ1) is 19.4. The van der Waals surface area contributed by atoms with Gasteiger partial charge in [-0.25, -0.2) is 0 Å². The summed E-state index contributed by atoms with van der Waals surface area (Å²) >= 11 is 12.4. The summed E-state index contributed by atoms with van der Waals surface area (Å²) in [5, 5.41) is 3.44. The van der Waals surface area contributed by atoms with Gasteiger partial charge in [-0.2, -0.15) is 4.98 Å². The topological polar surface area (TPSA) is 91.8 Å². The first-order valence-corrected chi connectivity index (χ1v) is 9.57. The SMILES string of the molecule is O=C(Nc1nc(C(=O)N2CCN(c3cccc(Cl)c3Cl)CC2)co1)c1ccco1. The molecule has 0 radical (unpaired) electrons. The van der Waals surface area contributed by atoms with E-state index in [1.807, 2.05) is 12.1 Å². The molecule has 0 atom stereocenters. The third kappa shape index (κ3) is 4.08. The van der Waals surface area contributed by atoms with Crippen molar-refractivity contribution >= 4 is 46.7 Å². The number of furan rings is 1. The number of amides is 2. The Bertz CT molecular complexity index is 1030. The minimum Gasteiger partial charge on any atom is -0.459 e. The molecule has 0 spiro atoms. The zero-order valence-electron chi connectivity index (χ0n) is 15.1. The largest absolute Gasteiger partial charge is 0.459 e. The van der Waals surface area contributed by atoms with Crippen LogP contribution in [0.3, 0.4) is 0 Å². The van der Waals surface area contributed by atoms with Crippen LogP contribution >= 0.6 is 23.2 Å². The molecule has 3 heterocycles. The van der Waals surface area contributed by atoms with Gasteiger partial charge in [-0.05, 0) is 24.3 Å². The van der Waals surface area contributed by atoms with Gasteiger partial charge >= 0.3 is 6.01 Å². The van der Waals surface area contributed by atoms with Crippen LogP contribution in [0.1, 0.15) is 21.0 Å². The highest BCUT2D eigenvalue weighted by Crippen LogP contribution is 2.33. The molecule has 0 bridgehead atoms. The number of aromatic nitrogens is 1. The number of nitrogens with one attached hydrogen (secondary N) is 1. The van der Waals surface area contributed by atoms with Crippen LogP contribution in [0.4, 0.5) is 11.7 Å². The van der Waals surface area contributed by atoms with Gasteiger partial charge in [-0.15, -0.1) is 0 Å². The van der Waals surface area contributed by atoms with Crippen LogP contribution in [0.5, 0.6) is 0 Å². The Kier molecular flexibility index (Phi) is 5.46. The van der Waals surface area contributed by atoms with Gasteiger partial charge in [0.2, 0.25) is 0 Å². The third-order valence-electron chi connectivity index (χ3n) is 4.53. The molecule has 4 rings (SSSR count). The van der Waals surface area contributed by atoms with Gasteiger partial charge in [0.25, 0.3) is 11.8 Å². The van der Waals surface area contributed by atoms with Gasteiger partial charge in [0.15, 0.2) is 11.5 Å². The zero-order valence-corrected chi connectivity index (χ0v) is 16.6. The van der Waals surface area contributed by atoms with Crippen LogP contribution in [0.15, 0.2) is 51.7 Å². The predicted octanol–water partition coefficient (Wildman–Crippen LogP) is 3.79. The Morgan fingerprint density at radius 2 is 1.83 bits per heavy atom. The van der Waals surface area contributed by atoms with Crippen LogP contribution in [0.25, 0.3) is 0 Å². The molecule has 0 unspecified atom stereocenters. The first-order chi connectivity index (χ1) is 14.0. The molecule has 1 saturated heterocycles. The minimum absolute atomic E-state index is 0.0703. The van der Waals surface area contributed by atoms with Gasteiger partial charge in [-0.3, -0.25) is 14.9 Å². The number of oxazole rings is 1. The van der Waals surface area contributed by atoms with Crippen molar-refractivity contribution in [3.63, 3.8) is 0 Å². The standard InChI is InChI=1S/C19H16Cl2N4O4/c20-12-3-1-4-14(16(12)21)24-6-8-25(9-7-24)18(27)13-11-29-19(22-13)23-17(26)15-5-2-10-28-15/h1-5,10-11H,6-9H2,(H,22,23,26). The number of carbonyl (C=O) groups excluding carboxylic acids is 2. The Morgan fingerprint density at radius 1 is 1.03 bits per heavy atom. The Hall–Kier alpha value is -2.97. The first-order valence-electron chi connectivity index (χ1n) is 8.81. The summed E-state index contributed by atoms with van der Waals surface area (Å²) < 4.78 is 10.2. The summed E-state index contributed by atoms with van der Waals surface area (Å²) in [5.74, 6) is -0.668. The van der Waals surface area contributed by atoms with E-state index in [2.05, 4.69) is 15.2 Å². The van der Waals surface area contributed by atoms with E-state index < -0.39 is 5.91 Å². The number of piperazine rings is 1. The molecule has 0 aliphatic carbocycles. The lowest BCUT2D eigenvalue weighted by Crippen LogP contribution is -2.49. The maximum atomic E-state index is 12.7. The summed E-state index contributed by atoms with van der Waals surface area (Å²) in [4.78, 5) is 32.5. The molecule has 10 heteroatoms. The fraction of sp³-hybridized carbons (Fsp3) is 0.211. The number of hydrogen-bond donors (Lipinski definition) is 1. The van der Waals surface area contributed by atoms with Crippen LogP contribution in [-0.4, -0.2) is 47.9 Å². The van der Waals surface area contributed by atoms with E-state index >= 15 is 0 Å². The Balaban J connectivity index is 1.37. The average molecular weight is 435 g/mol. The highest BCUT2D eigenvalue weighted by atomic mass is 35.5. The number of anilines is 2. The van der Waals surface area contributed by atoms with E-state index in [1.54, 1.807) is 17.0 Å². The van der Waals surface area contributed by atoms with Gasteiger partial charge < -0.3 is 18.6 Å². The molecule has 1 aliphatic heterocycles. The van der Waals surface area contributed by atoms with Crippen LogP contribution in [-0.2, 0) is 0 Å². The van der Waals surface area contributed by atoms with E-state index in [0.717, 1.165) is 5.69 Å². The van der Waals surface area contributed by atoms with Gasteiger partial charge in [0.1, 0.15) is 6.26 Å². The zero-order chi connectivity index (χ0) is 20.4. The van der Waals surface area contributed by atoms with Crippen molar-refractivity contribution in [3.05, 3.63) is 64.4 Å². The number of nitrogens with zero attached hydrogens (tertiary/aromatic N) is 3. The fourth-order valence-corrected chi connectivity index (χ4v) is 3.46. The van der Waals surface area contributed by atoms with E-state index in [0.29, 0.717) is 36.2 Å². The molecular formula is C19H16Cl2N4O4. The van der Waals surface area contributed by atoms with Gasteiger partial charge in [0.05, 0.1) is 22.0 Å². The number of hydrogen-bond acceptors (Lipinski definition) is 6. The third-order valence-corrected chi connectivity index (χ3v) is 5.34. The predicted molar refractivity (Wildman–Crippen MR) is 108 cm³/mol. The van der Waals surface area contributed by atoms with E-state index in [-0.39, 0.29) is 23.4 Å². The van der Waals surface area contributed by atoms with E-state index in [1.165, 1.54) is 18.6 Å². The highest BCUT2D eigenvalue weighted by molar-refractivity contribution is 6.43. The Labute approximate surface area is 176 Å². The second-order valence-electron chi connectivity index (χ2n) is 6.32. The van der Waals surface area contributed by atoms with Crippen LogP contribution < -0.4 is 10.2 Å². The van der Waals surface area contributed by atoms with Crippen molar-refractivity contribution in [2.45, 2.75) is 0 Å². The molecular weight excluding hydrogens is 419 g/mol. The lowest BCUT2D eigenvalue weighted by Gasteiger charge is -2.36. The number of rotatable bonds is 4. The van der Waals surface area contributed by atoms with Crippen LogP contribution in [0.2, 0.25) is 10.0 Å². The van der Waals surface area contributed by atoms with Gasteiger partial charge in [0, 0.05) is 26.2 Å². The molecule has 1 fully saturated rings. The van der Waals surface area contributed by atoms with Crippen molar-refractivity contribution in [3.8, 4) is 0 Å². The normalized spacial score (nSPS) is 14.1. The van der Waals surface area contributed by atoms with Crippen molar-refractivity contribution < 1.29 is 18.4 Å². The molecule has 2 aromatic heterocycles. The smallest absolute Gasteiger partial charge is 0.302 e. The summed E-state index contributed by atoms with van der Waals surface area (Å²) in [6.07, 6.45) is 2.61. The monoisotopic (exact) mass is 434 g/mol. The highest BCUT2D eigenvalue weighted by Gasteiger charge is 2.26. The van der Waals surface area contributed by atoms with Gasteiger partial charge in [-0.1, -0.05) is 29.3 Å². The fourth-order valence-electron chi connectivity index (χ4n) is 3.04. The summed E-state index contributed by atoms with van der Waals surface area (Å²) in [7, 11) is 0. The molecule has 1 N–H and O–H groups in total. The van der Waals surface area contributed by atoms with Crippen molar-refractivity contribution in [2.75, 3.05) is 36.4 Å². The van der Waals surface area contributed by atoms with E-state index in [9.17, 15) is 9.59 Å². The molecule has 3 aromatic rings. The van der Waals surface area contributed by atoms with Crippen molar-refractivity contribution in [1.29, 1.82) is 0 Å². The lowest BCUT2D eigenvalue weighted by atomic mass is 10.2.